The Morgan fingerprint density at radius 3 is 2.60 bits per heavy atom. The van der Waals surface area contributed by atoms with Crippen molar-refractivity contribution in [3.63, 3.8) is 0 Å². The predicted molar refractivity (Wildman–Crippen MR) is 84.7 cm³/mol. The molecule has 0 amide bonds. The van der Waals surface area contributed by atoms with Gasteiger partial charge in [-0.05, 0) is 32.2 Å². The van der Waals surface area contributed by atoms with Crippen LogP contribution in [-0.4, -0.2) is 7.05 Å². The Morgan fingerprint density at radius 1 is 1.15 bits per heavy atom. The lowest BCUT2D eigenvalue weighted by Crippen LogP contribution is -2.13. The summed E-state index contributed by atoms with van der Waals surface area (Å²) in [5.41, 5.74) is 2.04. The molecule has 20 heavy (non-hydrogen) atoms. The number of halogens is 2. The van der Waals surface area contributed by atoms with E-state index in [0.29, 0.717) is 16.7 Å². The Morgan fingerprint density at radius 2 is 1.90 bits per heavy atom. The molecule has 2 nitrogen and oxygen atoms in total. The second kappa shape index (κ2) is 6.98. The third-order valence-corrected chi connectivity index (χ3v) is 3.80. The lowest BCUT2D eigenvalue weighted by Gasteiger charge is -2.16. The molecular formula is C16H17Cl2NO. The van der Waals surface area contributed by atoms with Crippen molar-refractivity contribution in [1.82, 2.24) is 5.32 Å². The van der Waals surface area contributed by atoms with Crippen molar-refractivity contribution >= 4 is 23.2 Å². The van der Waals surface area contributed by atoms with Crippen LogP contribution in [0, 0.1) is 0 Å². The van der Waals surface area contributed by atoms with Gasteiger partial charge in [-0.25, -0.2) is 0 Å². The van der Waals surface area contributed by atoms with Gasteiger partial charge in [-0.3, -0.25) is 0 Å². The maximum absolute atomic E-state index is 6.15. The smallest absolute Gasteiger partial charge is 0.124 e. The first kappa shape index (κ1) is 15.2. The number of para-hydroxylation sites is 1. The van der Waals surface area contributed by atoms with Gasteiger partial charge in [-0.1, -0.05) is 47.5 Å². The van der Waals surface area contributed by atoms with Crippen LogP contribution in [0.25, 0.3) is 0 Å². The van der Waals surface area contributed by atoms with Gasteiger partial charge in [-0.15, -0.1) is 0 Å². The number of hydrogen-bond acceptors (Lipinski definition) is 2. The molecule has 0 bridgehead atoms. The number of nitrogens with one attached hydrogen (secondary N) is 1. The van der Waals surface area contributed by atoms with Gasteiger partial charge in [0.05, 0.1) is 0 Å². The molecule has 2 rings (SSSR count). The molecule has 0 radical (unpaired) electrons. The fourth-order valence-corrected chi connectivity index (χ4v) is 2.38. The van der Waals surface area contributed by atoms with E-state index in [4.69, 9.17) is 27.9 Å². The summed E-state index contributed by atoms with van der Waals surface area (Å²) in [6.07, 6.45) is 0. The Balaban J connectivity index is 2.15. The van der Waals surface area contributed by atoms with Crippen molar-refractivity contribution in [3.05, 3.63) is 63.6 Å². The fourth-order valence-electron chi connectivity index (χ4n) is 1.92. The van der Waals surface area contributed by atoms with Crippen LogP contribution >= 0.6 is 23.2 Å². The highest BCUT2D eigenvalue weighted by atomic mass is 35.5. The zero-order chi connectivity index (χ0) is 14.5. The molecular weight excluding hydrogens is 293 g/mol. The Bertz CT molecular complexity index is 586. The van der Waals surface area contributed by atoms with Gasteiger partial charge in [-0.2, -0.15) is 0 Å². The molecule has 0 heterocycles. The summed E-state index contributed by atoms with van der Waals surface area (Å²) in [6, 6.07) is 13.6. The lowest BCUT2D eigenvalue weighted by atomic mass is 10.1. The van der Waals surface area contributed by atoms with Crippen molar-refractivity contribution in [2.75, 3.05) is 7.05 Å². The highest BCUT2D eigenvalue weighted by molar-refractivity contribution is 6.35. The van der Waals surface area contributed by atoms with E-state index in [1.54, 1.807) is 6.07 Å². The van der Waals surface area contributed by atoms with Gasteiger partial charge in [0.15, 0.2) is 0 Å². The van der Waals surface area contributed by atoms with Crippen molar-refractivity contribution in [3.8, 4) is 5.75 Å². The van der Waals surface area contributed by atoms with Crippen molar-refractivity contribution in [2.24, 2.45) is 0 Å². The summed E-state index contributed by atoms with van der Waals surface area (Å²) < 4.78 is 5.90. The highest BCUT2D eigenvalue weighted by Crippen LogP contribution is 2.27. The highest BCUT2D eigenvalue weighted by Gasteiger charge is 2.10. The molecule has 0 aliphatic carbocycles. The van der Waals surface area contributed by atoms with Crippen LogP contribution in [0.4, 0.5) is 0 Å². The molecule has 1 atom stereocenters. The summed E-state index contributed by atoms with van der Waals surface area (Å²) in [7, 11) is 1.93. The molecule has 0 saturated heterocycles. The van der Waals surface area contributed by atoms with Crippen LogP contribution in [0.5, 0.6) is 5.75 Å². The minimum Gasteiger partial charge on any atom is -0.489 e. The Labute approximate surface area is 129 Å². The van der Waals surface area contributed by atoms with Gasteiger partial charge >= 0.3 is 0 Å². The third-order valence-electron chi connectivity index (χ3n) is 3.22. The summed E-state index contributed by atoms with van der Waals surface area (Å²) >= 11 is 12.0. The average Bonchev–Trinajstić information content (AvgIpc) is 2.46. The van der Waals surface area contributed by atoms with E-state index < -0.39 is 0 Å². The van der Waals surface area contributed by atoms with Crippen molar-refractivity contribution in [1.29, 1.82) is 0 Å². The van der Waals surface area contributed by atoms with E-state index in [1.807, 2.05) is 37.4 Å². The molecule has 0 aromatic heterocycles. The van der Waals surface area contributed by atoms with Gasteiger partial charge in [0, 0.05) is 27.2 Å². The largest absolute Gasteiger partial charge is 0.489 e. The van der Waals surface area contributed by atoms with Gasteiger partial charge in [0.2, 0.25) is 0 Å². The molecule has 0 aliphatic rings. The third kappa shape index (κ3) is 3.66. The molecule has 0 fully saturated rings. The predicted octanol–water partition coefficient (Wildman–Crippen LogP) is 4.85. The van der Waals surface area contributed by atoms with E-state index in [0.717, 1.165) is 16.9 Å². The minimum absolute atomic E-state index is 0.229. The number of benzene rings is 2. The molecule has 1 N–H and O–H groups in total. The number of hydrogen-bond donors (Lipinski definition) is 1. The first-order chi connectivity index (χ1) is 9.61. The average molecular weight is 310 g/mol. The van der Waals surface area contributed by atoms with Crippen molar-refractivity contribution in [2.45, 2.75) is 19.6 Å². The van der Waals surface area contributed by atoms with E-state index in [9.17, 15) is 0 Å². The van der Waals surface area contributed by atoms with Gasteiger partial charge < -0.3 is 10.1 Å². The second-order valence-electron chi connectivity index (χ2n) is 4.57. The molecule has 0 aliphatic heterocycles. The first-order valence-corrected chi connectivity index (χ1v) is 7.20. The molecule has 0 spiro atoms. The van der Waals surface area contributed by atoms with Crippen LogP contribution in [0.15, 0.2) is 42.5 Å². The lowest BCUT2D eigenvalue weighted by molar-refractivity contribution is 0.300. The zero-order valence-corrected chi connectivity index (χ0v) is 13.0. The van der Waals surface area contributed by atoms with Crippen LogP contribution < -0.4 is 10.1 Å². The maximum atomic E-state index is 6.15. The number of ether oxygens (including phenoxy) is 1. The molecule has 2 aromatic carbocycles. The minimum atomic E-state index is 0.229. The van der Waals surface area contributed by atoms with Gasteiger partial charge in [0.25, 0.3) is 0 Å². The summed E-state index contributed by atoms with van der Waals surface area (Å²) in [5.74, 6) is 0.861. The topological polar surface area (TPSA) is 21.3 Å². The van der Waals surface area contributed by atoms with E-state index in [-0.39, 0.29) is 6.04 Å². The van der Waals surface area contributed by atoms with Crippen molar-refractivity contribution < 1.29 is 4.74 Å². The summed E-state index contributed by atoms with van der Waals surface area (Å²) in [6.45, 7) is 2.51. The molecule has 106 valence electrons. The maximum Gasteiger partial charge on any atom is 0.124 e. The first-order valence-electron chi connectivity index (χ1n) is 6.44. The fraction of sp³-hybridized carbons (Fsp3) is 0.250. The Kier molecular flexibility index (Phi) is 5.30. The molecule has 1 unspecified atom stereocenters. The van der Waals surface area contributed by atoms with Crippen LogP contribution in [-0.2, 0) is 6.61 Å². The molecule has 4 heteroatoms. The van der Waals surface area contributed by atoms with E-state index in [1.165, 1.54) is 0 Å². The van der Waals surface area contributed by atoms with E-state index in [2.05, 4.69) is 18.3 Å². The molecule has 2 aromatic rings. The summed E-state index contributed by atoms with van der Waals surface area (Å²) in [4.78, 5) is 0. The summed E-state index contributed by atoms with van der Waals surface area (Å²) in [5, 5.41) is 4.46. The van der Waals surface area contributed by atoms with Crippen LogP contribution in [0.3, 0.4) is 0 Å². The standard InChI is InChI=1S/C16H17Cl2NO/c1-11(19-2)14-5-3-4-6-16(14)20-10-12-7-8-13(17)9-15(12)18/h3-9,11,19H,10H2,1-2H3. The van der Waals surface area contributed by atoms with Crippen LogP contribution in [0.2, 0.25) is 10.0 Å². The monoisotopic (exact) mass is 309 g/mol. The SMILES string of the molecule is CNC(C)c1ccccc1OCc1ccc(Cl)cc1Cl. The normalized spacial score (nSPS) is 12.2. The number of rotatable bonds is 5. The van der Waals surface area contributed by atoms with Crippen LogP contribution in [0.1, 0.15) is 24.1 Å². The second-order valence-corrected chi connectivity index (χ2v) is 5.42. The van der Waals surface area contributed by atoms with Gasteiger partial charge in [0.1, 0.15) is 12.4 Å². The zero-order valence-electron chi connectivity index (χ0n) is 11.5. The Hall–Kier alpha value is -1.22. The molecule has 0 saturated carbocycles. The van der Waals surface area contributed by atoms with E-state index >= 15 is 0 Å². The quantitative estimate of drug-likeness (QED) is 0.852.